The van der Waals surface area contributed by atoms with Crippen LogP contribution >= 0.6 is 0 Å². The largest absolute Gasteiger partial charge is 0.328 e. The van der Waals surface area contributed by atoms with Gasteiger partial charge in [0.1, 0.15) is 0 Å². The van der Waals surface area contributed by atoms with E-state index in [0.717, 1.165) is 24.1 Å². The fourth-order valence-corrected chi connectivity index (χ4v) is 2.79. The minimum absolute atomic E-state index is 0.00788. The van der Waals surface area contributed by atoms with E-state index >= 15 is 0 Å². The number of anilines is 1. The number of carbonyl (C=O) groups excluding carboxylic acids is 1. The van der Waals surface area contributed by atoms with Crippen molar-refractivity contribution in [2.24, 2.45) is 0 Å². The molecule has 1 aromatic carbocycles. The van der Waals surface area contributed by atoms with Crippen molar-refractivity contribution < 1.29 is 9.32 Å². The van der Waals surface area contributed by atoms with Crippen molar-refractivity contribution in [2.45, 2.75) is 12.8 Å². The van der Waals surface area contributed by atoms with E-state index in [1.807, 2.05) is 24.3 Å². The topological polar surface area (TPSA) is 72.1 Å². The monoisotopic (exact) mass is 306 g/mol. The van der Waals surface area contributed by atoms with Crippen LogP contribution in [0.4, 0.5) is 5.69 Å². The fourth-order valence-electron chi connectivity index (χ4n) is 2.79. The molecule has 0 aliphatic carbocycles. The summed E-state index contributed by atoms with van der Waals surface area (Å²) in [5.41, 5.74) is 2.86. The first-order chi connectivity index (χ1) is 11.3. The number of amides is 1. The first-order valence-electron chi connectivity index (χ1n) is 7.47. The van der Waals surface area contributed by atoms with E-state index in [9.17, 15) is 4.79 Å². The molecule has 0 spiro atoms. The normalized spacial score (nSPS) is 13.7. The molecule has 4 rings (SSSR count). The van der Waals surface area contributed by atoms with Gasteiger partial charge in [-0.1, -0.05) is 23.4 Å². The molecule has 0 bridgehead atoms. The Morgan fingerprint density at radius 1 is 1.13 bits per heavy atom. The molecule has 23 heavy (non-hydrogen) atoms. The van der Waals surface area contributed by atoms with Crippen molar-refractivity contribution in [1.29, 1.82) is 0 Å². The van der Waals surface area contributed by atoms with Crippen LogP contribution in [0.3, 0.4) is 0 Å². The molecular formula is C17H14N4O2. The van der Waals surface area contributed by atoms with E-state index in [1.165, 1.54) is 5.56 Å². The first-order valence-corrected chi connectivity index (χ1v) is 7.47. The van der Waals surface area contributed by atoms with Crippen molar-refractivity contribution in [3.05, 3.63) is 60.2 Å². The SMILES string of the molecule is O=C(c1nc(-c2ccncc2)no1)N1CCCc2ccccc21. The van der Waals surface area contributed by atoms with Gasteiger partial charge in [0, 0.05) is 30.2 Å². The molecule has 0 fully saturated rings. The Labute approximate surface area is 132 Å². The highest BCUT2D eigenvalue weighted by atomic mass is 16.5. The summed E-state index contributed by atoms with van der Waals surface area (Å²) >= 11 is 0. The predicted molar refractivity (Wildman–Crippen MR) is 84.0 cm³/mol. The van der Waals surface area contributed by atoms with Crippen LogP contribution in [-0.4, -0.2) is 27.6 Å². The van der Waals surface area contributed by atoms with E-state index in [4.69, 9.17) is 4.52 Å². The summed E-state index contributed by atoms with van der Waals surface area (Å²) in [6, 6.07) is 11.5. The third kappa shape index (κ3) is 2.48. The van der Waals surface area contributed by atoms with Crippen molar-refractivity contribution in [3.63, 3.8) is 0 Å². The molecule has 0 unspecified atom stereocenters. The van der Waals surface area contributed by atoms with Gasteiger partial charge in [-0.05, 0) is 36.6 Å². The zero-order valence-corrected chi connectivity index (χ0v) is 12.3. The number of carbonyl (C=O) groups is 1. The molecule has 6 heteroatoms. The summed E-state index contributed by atoms with van der Waals surface area (Å²) < 4.78 is 5.18. The average molecular weight is 306 g/mol. The molecule has 3 heterocycles. The standard InChI is InChI=1S/C17H14N4O2/c22-17(21-11-3-5-12-4-1-2-6-14(12)21)16-19-15(20-23-16)13-7-9-18-10-8-13/h1-2,4,6-10H,3,5,11H2. The molecule has 114 valence electrons. The third-order valence-corrected chi connectivity index (χ3v) is 3.90. The number of benzene rings is 1. The lowest BCUT2D eigenvalue weighted by molar-refractivity contribution is 0.0942. The van der Waals surface area contributed by atoms with Gasteiger partial charge in [0.05, 0.1) is 0 Å². The number of pyridine rings is 1. The van der Waals surface area contributed by atoms with Crippen LogP contribution in [0.1, 0.15) is 22.7 Å². The van der Waals surface area contributed by atoms with Crippen LogP contribution in [0.5, 0.6) is 0 Å². The molecule has 1 amide bonds. The Morgan fingerprint density at radius 2 is 1.96 bits per heavy atom. The number of nitrogens with zero attached hydrogens (tertiary/aromatic N) is 4. The molecule has 2 aromatic heterocycles. The maximum Gasteiger partial charge on any atom is 0.316 e. The van der Waals surface area contributed by atoms with Gasteiger partial charge in [0.15, 0.2) is 0 Å². The highest BCUT2D eigenvalue weighted by molar-refractivity contribution is 6.03. The fraction of sp³-hybridized carbons (Fsp3) is 0.176. The molecule has 0 radical (unpaired) electrons. The van der Waals surface area contributed by atoms with Gasteiger partial charge in [-0.15, -0.1) is 0 Å². The van der Waals surface area contributed by atoms with Gasteiger partial charge in [0.25, 0.3) is 0 Å². The Balaban J connectivity index is 1.65. The number of hydrogen-bond acceptors (Lipinski definition) is 5. The minimum atomic E-state index is -0.259. The van der Waals surface area contributed by atoms with Crippen LogP contribution in [0.2, 0.25) is 0 Å². The number of aryl methyl sites for hydroxylation is 1. The molecular weight excluding hydrogens is 292 g/mol. The molecule has 3 aromatic rings. The Hall–Kier alpha value is -3.02. The van der Waals surface area contributed by atoms with Crippen LogP contribution < -0.4 is 4.90 Å². The average Bonchev–Trinajstić information content (AvgIpc) is 3.11. The lowest BCUT2D eigenvalue weighted by Gasteiger charge is -2.28. The number of aromatic nitrogens is 3. The number of para-hydroxylation sites is 1. The van der Waals surface area contributed by atoms with Crippen LogP contribution in [0, 0.1) is 0 Å². The Bertz CT molecular complexity index is 845. The van der Waals surface area contributed by atoms with Crippen LogP contribution in [0.25, 0.3) is 11.4 Å². The summed E-state index contributed by atoms with van der Waals surface area (Å²) in [5, 5.41) is 3.90. The van der Waals surface area contributed by atoms with Gasteiger partial charge in [-0.25, -0.2) is 0 Å². The quantitative estimate of drug-likeness (QED) is 0.728. The van der Waals surface area contributed by atoms with E-state index < -0.39 is 0 Å². The van der Waals surface area contributed by atoms with Gasteiger partial charge in [-0.2, -0.15) is 4.98 Å². The third-order valence-electron chi connectivity index (χ3n) is 3.90. The zero-order chi connectivity index (χ0) is 15.6. The molecule has 6 nitrogen and oxygen atoms in total. The second-order valence-electron chi connectivity index (χ2n) is 5.35. The number of hydrogen-bond donors (Lipinski definition) is 0. The van der Waals surface area contributed by atoms with Crippen molar-refractivity contribution in [2.75, 3.05) is 11.4 Å². The van der Waals surface area contributed by atoms with Crippen LogP contribution in [0.15, 0.2) is 53.3 Å². The smallest absolute Gasteiger partial charge is 0.316 e. The molecule has 0 saturated carbocycles. The van der Waals surface area contributed by atoms with Crippen LogP contribution in [-0.2, 0) is 6.42 Å². The van der Waals surface area contributed by atoms with Gasteiger partial charge in [-0.3, -0.25) is 9.78 Å². The molecule has 0 atom stereocenters. The highest BCUT2D eigenvalue weighted by Crippen LogP contribution is 2.28. The van der Waals surface area contributed by atoms with Crippen molar-refractivity contribution in [1.82, 2.24) is 15.1 Å². The van der Waals surface area contributed by atoms with E-state index in [-0.39, 0.29) is 11.8 Å². The van der Waals surface area contributed by atoms with Gasteiger partial charge in [0.2, 0.25) is 5.82 Å². The zero-order valence-electron chi connectivity index (χ0n) is 12.3. The lowest BCUT2D eigenvalue weighted by Crippen LogP contribution is -2.35. The molecule has 0 saturated heterocycles. The molecule has 1 aliphatic heterocycles. The summed E-state index contributed by atoms with van der Waals surface area (Å²) in [7, 11) is 0. The van der Waals surface area contributed by atoms with Gasteiger partial charge >= 0.3 is 11.8 Å². The Morgan fingerprint density at radius 3 is 2.83 bits per heavy atom. The van der Waals surface area contributed by atoms with Gasteiger partial charge < -0.3 is 9.42 Å². The van der Waals surface area contributed by atoms with E-state index in [1.54, 1.807) is 29.4 Å². The summed E-state index contributed by atoms with van der Waals surface area (Å²) in [6.07, 6.45) is 5.20. The summed E-state index contributed by atoms with van der Waals surface area (Å²) in [5.74, 6) is 0.138. The molecule has 1 aliphatic rings. The Kier molecular flexibility index (Phi) is 3.34. The van der Waals surface area contributed by atoms with E-state index in [2.05, 4.69) is 15.1 Å². The summed E-state index contributed by atoms with van der Waals surface area (Å²) in [6.45, 7) is 0.656. The van der Waals surface area contributed by atoms with Crippen molar-refractivity contribution in [3.8, 4) is 11.4 Å². The van der Waals surface area contributed by atoms with E-state index in [0.29, 0.717) is 12.4 Å². The second-order valence-corrected chi connectivity index (χ2v) is 5.35. The first kappa shape index (κ1) is 13.6. The molecule has 0 N–H and O–H groups in total. The summed E-state index contributed by atoms with van der Waals surface area (Å²) in [4.78, 5) is 22.6. The highest BCUT2D eigenvalue weighted by Gasteiger charge is 2.27. The number of rotatable bonds is 2. The lowest BCUT2D eigenvalue weighted by atomic mass is 10.0. The number of fused-ring (bicyclic) bond motifs is 1. The second kappa shape index (κ2) is 5.64. The maximum atomic E-state index is 12.7. The minimum Gasteiger partial charge on any atom is -0.328 e. The van der Waals surface area contributed by atoms with Crippen molar-refractivity contribution >= 4 is 11.6 Å². The predicted octanol–water partition coefficient (Wildman–Crippen LogP) is 2.72. The maximum absolute atomic E-state index is 12.7.